The number of nitrogens with zero attached hydrogens (tertiary/aromatic N) is 2. The molecular formula is C17H25N3O2. The number of allylic oxidation sites excluding steroid dienone is 2. The first-order valence-corrected chi connectivity index (χ1v) is 8.18. The lowest BCUT2D eigenvalue weighted by atomic mass is 9.78. The van der Waals surface area contributed by atoms with Gasteiger partial charge in [0.15, 0.2) is 0 Å². The maximum absolute atomic E-state index is 12.6. The van der Waals surface area contributed by atoms with E-state index in [1.807, 2.05) is 18.5 Å². The van der Waals surface area contributed by atoms with Crippen LogP contribution in [-0.2, 0) is 9.53 Å². The van der Waals surface area contributed by atoms with Gasteiger partial charge in [0.25, 0.3) is 0 Å². The summed E-state index contributed by atoms with van der Waals surface area (Å²) in [6.45, 7) is 5.65. The quantitative estimate of drug-likeness (QED) is 0.872. The van der Waals surface area contributed by atoms with Crippen molar-refractivity contribution in [2.75, 3.05) is 18.5 Å². The highest BCUT2D eigenvalue weighted by Gasteiger charge is 2.33. The Labute approximate surface area is 131 Å². The summed E-state index contributed by atoms with van der Waals surface area (Å²) in [5.41, 5.74) is 1.57. The highest BCUT2D eigenvalue weighted by Crippen LogP contribution is 2.34. The van der Waals surface area contributed by atoms with Gasteiger partial charge in [-0.3, -0.25) is 9.48 Å². The molecule has 1 unspecified atom stereocenters. The van der Waals surface area contributed by atoms with Crippen LogP contribution in [0.15, 0.2) is 18.3 Å². The van der Waals surface area contributed by atoms with Crippen LogP contribution in [0.5, 0.6) is 0 Å². The number of carbonyl (C=O) groups excluding carboxylic acids is 1. The van der Waals surface area contributed by atoms with E-state index in [0.717, 1.165) is 56.7 Å². The second-order valence-electron chi connectivity index (χ2n) is 6.66. The first-order chi connectivity index (χ1) is 10.6. The highest BCUT2D eigenvalue weighted by molar-refractivity contribution is 5.95. The van der Waals surface area contributed by atoms with Gasteiger partial charge < -0.3 is 10.1 Å². The second-order valence-corrected chi connectivity index (χ2v) is 6.66. The van der Waals surface area contributed by atoms with Crippen LogP contribution in [0.3, 0.4) is 0 Å². The molecule has 1 N–H and O–H groups in total. The molecule has 1 aromatic rings. The van der Waals surface area contributed by atoms with Gasteiger partial charge in [-0.05, 0) is 39.0 Å². The zero-order valence-electron chi connectivity index (χ0n) is 13.5. The number of aromatic nitrogens is 2. The largest absolute Gasteiger partial charge is 0.381 e. The van der Waals surface area contributed by atoms with E-state index in [-0.39, 0.29) is 11.3 Å². The molecular weight excluding hydrogens is 278 g/mol. The van der Waals surface area contributed by atoms with E-state index in [4.69, 9.17) is 4.74 Å². The van der Waals surface area contributed by atoms with Gasteiger partial charge in [0.1, 0.15) is 0 Å². The predicted molar refractivity (Wildman–Crippen MR) is 85.8 cm³/mol. The summed E-state index contributed by atoms with van der Waals surface area (Å²) in [5, 5.41) is 7.59. The van der Waals surface area contributed by atoms with Crippen molar-refractivity contribution in [3.05, 3.63) is 24.0 Å². The van der Waals surface area contributed by atoms with Crippen molar-refractivity contribution >= 4 is 11.6 Å². The standard InChI is InChI=1S/C17H25N3O2/c1-13-15(12-18-20(13)14-6-10-22-11-7-14)19-16(21)17(2)8-4-3-5-9-17/h3-4,12,14H,5-11H2,1-2H3,(H,19,21). The Kier molecular flexibility index (Phi) is 4.34. The second kappa shape index (κ2) is 6.24. The fraction of sp³-hybridized carbons (Fsp3) is 0.647. The van der Waals surface area contributed by atoms with Crippen molar-refractivity contribution in [3.8, 4) is 0 Å². The number of anilines is 1. The SMILES string of the molecule is Cc1c(NC(=O)C2(C)CC=CCC2)cnn1C1CCOCC1. The monoisotopic (exact) mass is 303 g/mol. The number of hydrogen-bond acceptors (Lipinski definition) is 3. The number of ether oxygens (including phenoxy) is 1. The summed E-state index contributed by atoms with van der Waals surface area (Å²) in [6.07, 6.45) is 10.7. The van der Waals surface area contributed by atoms with E-state index in [1.54, 1.807) is 6.20 Å². The molecule has 22 heavy (non-hydrogen) atoms. The third-order valence-corrected chi connectivity index (χ3v) is 4.98. The molecule has 0 spiro atoms. The lowest BCUT2D eigenvalue weighted by Crippen LogP contribution is -2.34. The van der Waals surface area contributed by atoms with E-state index in [9.17, 15) is 4.79 Å². The zero-order valence-corrected chi connectivity index (χ0v) is 13.5. The Morgan fingerprint density at radius 2 is 2.18 bits per heavy atom. The summed E-state index contributed by atoms with van der Waals surface area (Å²) in [4.78, 5) is 12.6. The van der Waals surface area contributed by atoms with Crippen LogP contribution in [0.2, 0.25) is 0 Å². The minimum atomic E-state index is -0.304. The Bertz CT molecular complexity index is 572. The van der Waals surface area contributed by atoms with E-state index in [1.165, 1.54) is 0 Å². The summed E-state index contributed by atoms with van der Waals surface area (Å²) >= 11 is 0. The van der Waals surface area contributed by atoms with Crippen molar-refractivity contribution in [2.24, 2.45) is 5.41 Å². The molecule has 120 valence electrons. The lowest BCUT2D eigenvalue weighted by Gasteiger charge is -2.29. The summed E-state index contributed by atoms with van der Waals surface area (Å²) in [7, 11) is 0. The molecule has 5 nitrogen and oxygen atoms in total. The Morgan fingerprint density at radius 1 is 1.41 bits per heavy atom. The molecule has 0 radical (unpaired) electrons. The molecule has 1 fully saturated rings. The molecule has 5 heteroatoms. The highest BCUT2D eigenvalue weighted by atomic mass is 16.5. The molecule has 1 aliphatic carbocycles. The first kappa shape index (κ1) is 15.3. The van der Waals surface area contributed by atoms with Gasteiger partial charge in [0.05, 0.1) is 29.0 Å². The average molecular weight is 303 g/mol. The molecule has 1 aliphatic heterocycles. The van der Waals surface area contributed by atoms with Crippen LogP contribution < -0.4 is 5.32 Å². The van der Waals surface area contributed by atoms with Gasteiger partial charge in [0, 0.05) is 13.2 Å². The Balaban J connectivity index is 1.71. The molecule has 0 saturated carbocycles. The molecule has 1 amide bonds. The van der Waals surface area contributed by atoms with E-state index >= 15 is 0 Å². The molecule has 0 aromatic carbocycles. The van der Waals surface area contributed by atoms with E-state index in [2.05, 4.69) is 22.6 Å². The van der Waals surface area contributed by atoms with E-state index < -0.39 is 0 Å². The minimum Gasteiger partial charge on any atom is -0.381 e. The van der Waals surface area contributed by atoms with E-state index in [0.29, 0.717) is 6.04 Å². The molecule has 0 bridgehead atoms. The fourth-order valence-electron chi connectivity index (χ4n) is 3.29. The number of carbonyl (C=O) groups is 1. The predicted octanol–water partition coefficient (Wildman–Crippen LogP) is 3.23. The number of hydrogen-bond donors (Lipinski definition) is 1. The van der Waals surface area contributed by atoms with Gasteiger partial charge in [0.2, 0.25) is 5.91 Å². The van der Waals surface area contributed by atoms with Crippen LogP contribution >= 0.6 is 0 Å². The molecule has 1 saturated heterocycles. The zero-order chi connectivity index (χ0) is 15.6. The number of nitrogens with one attached hydrogen (secondary N) is 1. The van der Waals surface area contributed by atoms with Gasteiger partial charge >= 0.3 is 0 Å². The van der Waals surface area contributed by atoms with Crippen LogP contribution in [0, 0.1) is 12.3 Å². The molecule has 2 aliphatic rings. The van der Waals surface area contributed by atoms with Crippen molar-refractivity contribution in [1.29, 1.82) is 0 Å². The van der Waals surface area contributed by atoms with Gasteiger partial charge in [-0.25, -0.2) is 0 Å². The van der Waals surface area contributed by atoms with Crippen molar-refractivity contribution < 1.29 is 9.53 Å². The summed E-state index contributed by atoms with van der Waals surface area (Å²) in [6, 6.07) is 0.382. The molecule has 2 heterocycles. The average Bonchev–Trinajstić information content (AvgIpc) is 2.90. The van der Waals surface area contributed by atoms with Crippen LogP contribution in [0.1, 0.15) is 50.8 Å². The van der Waals surface area contributed by atoms with Crippen LogP contribution in [0.4, 0.5) is 5.69 Å². The van der Waals surface area contributed by atoms with Crippen molar-refractivity contribution in [2.45, 2.75) is 52.0 Å². The van der Waals surface area contributed by atoms with Crippen LogP contribution in [0.25, 0.3) is 0 Å². The smallest absolute Gasteiger partial charge is 0.230 e. The maximum Gasteiger partial charge on any atom is 0.230 e. The summed E-state index contributed by atoms with van der Waals surface area (Å²) in [5.74, 6) is 0.103. The maximum atomic E-state index is 12.6. The van der Waals surface area contributed by atoms with Crippen molar-refractivity contribution in [1.82, 2.24) is 9.78 Å². The Hall–Kier alpha value is -1.62. The fourth-order valence-corrected chi connectivity index (χ4v) is 3.29. The van der Waals surface area contributed by atoms with Crippen LogP contribution in [-0.4, -0.2) is 28.9 Å². The first-order valence-electron chi connectivity index (χ1n) is 8.18. The molecule has 1 atom stereocenters. The third-order valence-electron chi connectivity index (χ3n) is 4.98. The van der Waals surface area contributed by atoms with Gasteiger partial charge in [-0.2, -0.15) is 5.10 Å². The number of rotatable bonds is 3. The van der Waals surface area contributed by atoms with Gasteiger partial charge in [-0.15, -0.1) is 0 Å². The number of amides is 1. The normalized spacial score (nSPS) is 26.1. The minimum absolute atomic E-state index is 0.103. The topological polar surface area (TPSA) is 56.2 Å². The van der Waals surface area contributed by atoms with Crippen molar-refractivity contribution in [3.63, 3.8) is 0 Å². The third kappa shape index (κ3) is 2.95. The Morgan fingerprint density at radius 3 is 2.86 bits per heavy atom. The molecule has 3 rings (SSSR count). The lowest BCUT2D eigenvalue weighted by molar-refractivity contribution is -0.125. The molecule has 1 aromatic heterocycles. The van der Waals surface area contributed by atoms with Gasteiger partial charge in [-0.1, -0.05) is 19.1 Å². The summed E-state index contributed by atoms with van der Waals surface area (Å²) < 4.78 is 7.45.